The molecule has 0 radical (unpaired) electrons. The third-order valence-corrected chi connectivity index (χ3v) is 4.04. The molecule has 4 heteroatoms. The molecule has 1 aliphatic heterocycles. The molecule has 0 saturated heterocycles. The zero-order valence-corrected chi connectivity index (χ0v) is 13.5. The van der Waals surface area contributed by atoms with Crippen molar-refractivity contribution in [3.05, 3.63) is 29.3 Å². The maximum absolute atomic E-state index is 12.2. The molecule has 2 rings (SSSR count). The number of hydrogen-bond donors (Lipinski definition) is 1. The summed E-state index contributed by atoms with van der Waals surface area (Å²) in [6.45, 7) is 7.76. The molecule has 116 valence electrons. The van der Waals surface area contributed by atoms with E-state index in [9.17, 15) is 4.79 Å². The first-order valence-corrected chi connectivity index (χ1v) is 7.71. The van der Waals surface area contributed by atoms with Crippen LogP contribution in [0.2, 0.25) is 0 Å². The zero-order valence-electron chi connectivity index (χ0n) is 13.5. The summed E-state index contributed by atoms with van der Waals surface area (Å²) in [6.07, 6.45) is 2.11. The van der Waals surface area contributed by atoms with Crippen LogP contribution in [0.25, 0.3) is 0 Å². The molecule has 21 heavy (non-hydrogen) atoms. The van der Waals surface area contributed by atoms with Gasteiger partial charge in [-0.3, -0.25) is 9.69 Å². The summed E-state index contributed by atoms with van der Waals surface area (Å²) in [5.74, 6) is 1.02. The van der Waals surface area contributed by atoms with Crippen LogP contribution in [0.1, 0.15) is 38.3 Å². The first-order chi connectivity index (χ1) is 10.0. The molecule has 0 spiro atoms. The number of nitrogens with one attached hydrogen (secondary N) is 1. The Morgan fingerprint density at radius 3 is 2.71 bits per heavy atom. The van der Waals surface area contributed by atoms with E-state index in [0.29, 0.717) is 0 Å². The highest BCUT2D eigenvalue weighted by Gasteiger charge is 2.24. The lowest BCUT2D eigenvalue weighted by Crippen LogP contribution is -2.46. The van der Waals surface area contributed by atoms with Crippen molar-refractivity contribution in [1.29, 1.82) is 0 Å². The van der Waals surface area contributed by atoms with Gasteiger partial charge in [0.25, 0.3) is 0 Å². The van der Waals surface area contributed by atoms with E-state index >= 15 is 0 Å². The number of ether oxygens (including phenoxy) is 1. The van der Waals surface area contributed by atoms with Gasteiger partial charge in [0.05, 0.1) is 13.2 Å². The summed E-state index contributed by atoms with van der Waals surface area (Å²) in [6, 6.07) is 6.34. The van der Waals surface area contributed by atoms with E-state index in [-0.39, 0.29) is 18.0 Å². The van der Waals surface area contributed by atoms with Gasteiger partial charge in [-0.15, -0.1) is 0 Å². The Bertz CT molecular complexity index is 500. The molecule has 0 unspecified atom stereocenters. The standard InChI is InChI=1S/C17H26N2O2/c1-12(2)18-17(20)13(3)19-9-5-6-14-10-16(21-4)8-7-15(14)11-19/h7-8,10,12-13H,5-6,9,11H2,1-4H3,(H,18,20)/t13-/m1/s1. The summed E-state index contributed by atoms with van der Waals surface area (Å²) < 4.78 is 5.30. The summed E-state index contributed by atoms with van der Waals surface area (Å²) in [7, 11) is 1.70. The van der Waals surface area contributed by atoms with Crippen LogP contribution in [0, 0.1) is 0 Å². The van der Waals surface area contributed by atoms with Crippen LogP contribution in [0.5, 0.6) is 5.75 Å². The second-order valence-electron chi connectivity index (χ2n) is 6.05. The second-order valence-corrected chi connectivity index (χ2v) is 6.05. The van der Waals surface area contributed by atoms with Crippen LogP contribution in [-0.2, 0) is 17.8 Å². The van der Waals surface area contributed by atoms with Crippen molar-refractivity contribution in [3.63, 3.8) is 0 Å². The van der Waals surface area contributed by atoms with Crippen LogP contribution in [-0.4, -0.2) is 36.5 Å². The number of hydrogen-bond acceptors (Lipinski definition) is 3. The Morgan fingerprint density at radius 2 is 2.05 bits per heavy atom. The fourth-order valence-electron chi connectivity index (χ4n) is 2.79. The van der Waals surface area contributed by atoms with Crippen molar-refractivity contribution < 1.29 is 9.53 Å². The lowest BCUT2D eigenvalue weighted by atomic mass is 10.0. The fourth-order valence-corrected chi connectivity index (χ4v) is 2.79. The van der Waals surface area contributed by atoms with E-state index in [4.69, 9.17) is 4.74 Å². The summed E-state index contributed by atoms with van der Waals surface area (Å²) in [5, 5.41) is 3.00. The van der Waals surface area contributed by atoms with Gasteiger partial charge in [0.2, 0.25) is 5.91 Å². The van der Waals surface area contributed by atoms with Crippen LogP contribution in [0.15, 0.2) is 18.2 Å². The molecule has 4 nitrogen and oxygen atoms in total. The summed E-state index contributed by atoms with van der Waals surface area (Å²) >= 11 is 0. The van der Waals surface area contributed by atoms with Gasteiger partial charge in [0, 0.05) is 12.6 Å². The molecular weight excluding hydrogens is 264 g/mol. The van der Waals surface area contributed by atoms with E-state index in [1.165, 1.54) is 11.1 Å². The third-order valence-electron chi connectivity index (χ3n) is 4.04. The lowest BCUT2D eigenvalue weighted by molar-refractivity contribution is -0.126. The van der Waals surface area contributed by atoms with Gasteiger partial charge in [0.1, 0.15) is 5.75 Å². The molecule has 1 aliphatic rings. The highest BCUT2D eigenvalue weighted by molar-refractivity contribution is 5.81. The minimum atomic E-state index is -0.0968. The van der Waals surface area contributed by atoms with Crippen LogP contribution in [0.4, 0.5) is 0 Å². The Morgan fingerprint density at radius 1 is 1.29 bits per heavy atom. The number of fused-ring (bicyclic) bond motifs is 1. The molecule has 1 heterocycles. The van der Waals surface area contributed by atoms with Gasteiger partial charge in [-0.05, 0) is 63.4 Å². The molecular formula is C17H26N2O2. The minimum Gasteiger partial charge on any atom is -0.497 e. The third kappa shape index (κ3) is 3.97. The number of nitrogens with zero attached hydrogens (tertiary/aromatic N) is 1. The normalized spacial score (nSPS) is 17.0. The summed E-state index contributed by atoms with van der Waals surface area (Å²) in [5.41, 5.74) is 2.64. The zero-order chi connectivity index (χ0) is 15.4. The minimum absolute atomic E-state index is 0.0968. The van der Waals surface area contributed by atoms with Gasteiger partial charge in [-0.2, -0.15) is 0 Å². The molecule has 0 aliphatic carbocycles. The number of rotatable bonds is 4. The van der Waals surface area contributed by atoms with Crippen molar-refractivity contribution in [2.75, 3.05) is 13.7 Å². The maximum atomic E-state index is 12.2. The van der Waals surface area contributed by atoms with Crippen molar-refractivity contribution in [1.82, 2.24) is 10.2 Å². The monoisotopic (exact) mass is 290 g/mol. The Balaban J connectivity index is 2.11. The van der Waals surface area contributed by atoms with Crippen molar-refractivity contribution in [2.45, 2.75) is 52.2 Å². The van der Waals surface area contributed by atoms with Crippen molar-refractivity contribution >= 4 is 5.91 Å². The molecule has 1 amide bonds. The van der Waals surface area contributed by atoms with Crippen LogP contribution >= 0.6 is 0 Å². The van der Waals surface area contributed by atoms with Crippen LogP contribution < -0.4 is 10.1 Å². The number of amides is 1. The molecule has 1 atom stereocenters. The molecule has 0 aromatic heterocycles. The van der Waals surface area contributed by atoms with E-state index in [2.05, 4.69) is 22.3 Å². The van der Waals surface area contributed by atoms with Gasteiger partial charge in [-0.1, -0.05) is 6.07 Å². The number of methoxy groups -OCH3 is 1. The molecule has 0 bridgehead atoms. The van der Waals surface area contributed by atoms with Crippen molar-refractivity contribution in [3.8, 4) is 5.75 Å². The second kappa shape index (κ2) is 6.94. The predicted octanol–water partition coefficient (Wildman–Crippen LogP) is 2.36. The predicted molar refractivity (Wildman–Crippen MR) is 84.5 cm³/mol. The average Bonchev–Trinajstić information content (AvgIpc) is 2.66. The molecule has 1 aromatic rings. The van der Waals surface area contributed by atoms with Gasteiger partial charge in [0.15, 0.2) is 0 Å². The largest absolute Gasteiger partial charge is 0.497 e. The van der Waals surface area contributed by atoms with Crippen molar-refractivity contribution in [2.24, 2.45) is 0 Å². The van der Waals surface area contributed by atoms with Gasteiger partial charge >= 0.3 is 0 Å². The van der Waals surface area contributed by atoms with E-state index in [1.807, 2.05) is 26.8 Å². The molecule has 0 saturated carbocycles. The smallest absolute Gasteiger partial charge is 0.237 e. The van der Waals surface area contributed by atoms with Gasteiger partial charge < -0.3 is 10.1 Å². The first kappa shape index (κ1) is 15.8. The average molecular weight is 290 g/mol. The number of aryl methyl sites for hydroxylation is 1. The highest BCUT2D eigenvalue weighted by Crippen LogP contribution is 2.24. The number of carbonyl (C=O) groups excluding carboxylic acids is 1. The highest BCUT2D eigenvalue weighted by atomic mass is 16.5. The SMILES string of the molecule is COc1ccc2c(c1)CCCN([C@H](C)C(=O)NC(C)C)C2. The Hall–Kier alpha value is -1.55. The van der Waals surface area contributed by atoms with E-state index in [1.54, 1.807) is 7.11 Å². The van der Waals surface area contributed by atoms with E-state index < -0.39 is 0 Å². The molecule has 1 N–H and O–H groups in total. The fraction of sp³-hybridized carbons (Fsp3) is 0.588. The number of carbonyl (C=O) groups is 1. The maximum Gasteiger partial charge on any atom is 0.237 e. The van der Waals surface area contributed by atoms with Crippen LogP contribution in [0.3, 0.4) is 0 Å². The Labute approximate surface area is 127 Å². The topological polar surface area (TPSA) is 41.6 Å². The quantitative estimate of drug-likeness (QED) is 0.925. The number of benzene rings is 1. The van der Waals surface area contributed by atoms with Gasteiger partial charge in [-0.25, -0.2) is 0 Å². The van der Waals surface area contributed by atoms with E-state index in [0.717, 1.165) is 31.7 Å². The lowest BCUT2D eigenvalue weighted by Gasteiger charge is -2.27. The summed E-state index contributed by atoms with van der Waals surface area (Å²) in [4.78, 5) is 14.5. The molecule has 1 aromatic carbocycles. The Kier molecular flexibility index (Phi) is 5.23. The molecule has 0 fully saturated rings. The first-order valence-electron chi connectivity index (χ1n) is 7.71.